The van der Waals surface area contributed by atoms with Crippen molar-refractivity contribution < 1.29 is 4.79 Å². The molecule has 1 aromatic carbocycles. The van der Waals surface area contributed by atoms with Crippen LogP contribution in [-0.4, -0.2) is 34.8 Å². The van der Waals surface area contributed by atoms with Gasteiger partial charge in [-0.2, -0.15) is 0 Å². The third-order valence-corrected chi connectivity index (χ3v) is 4.08. The molecule has 1 unspecified atom stereocenters. The van der Waals surface area contributed by atoms with Gasteiger partial charge in [-0.3, -0.25) is 9.78 Å². The smallest absolute Gasteiger partial charge is 0.253 e. The van der Waals surface area contributed by atoms with E-state index in [2.05, 4.69) is 4.98 Å². The zero-order valence-electron chi connectivity index (χ0n) is 10.6. The van der Waals surface area contributed by atoms with E-state index in [1.54, 1.807) is 6.20 Å². The Hall–Kier alpha value is -1.61. The quantitative estimate of drug-likeness (QED) is 0.789. The van der Waals surface area contributed by atoms with E-state index in [-0.39, 0.29) is 5.91 Å². The van der Waals surface area contributed by atoms with Gasteiger partial charge in [-0.25, -0.2) is 0 Å². The number of likely N-dealkylation sites (tertiary alicyclic amines) is 1. The average molecular weight is 275 g/mol. The maximum absolute atomic E-state index is 12.4. The first-order chi connectivity index (χ1) is 9.28. The Bertz CT molecular complexity index is 614. The molecule has 0 aliphatic carbocycles. The topological polar surface area (TPSA) is 33.2 Å². The van der Waals surface area contributed by atoms with Crippen LogP contribution in [0.1, 0.15) is 16.8 Å². The van der Waals surface area contributed by atoms with Crippen LogP contribution in [0.5, 0.6) is 0 Å². The van der Waals surface area contributed by atoms with Crippen LogP contribution >= 0.6 is 11.6 Å². The molecular weight excluding hydrogens is 260 g/mol. The van der Waals surface area contributed by atoms with E-state index >= 15 is 0 Å². The molecule has 2 aromatic rings. The zero-order valence-corrected chi connectivity index (χ0v) is 11.3. The van der Waals surface area contributed by atoms with Crippen molar-refractivity contribution in [1.82, 2.24) is 9.88 Å². The Balaban J connectivity index is 1.85. The lowest BCUT2D eigenvalue weighted by atomic mass is 10.1. The van der Waals surface area contributed by atoms with Gasteiger partial charge in [0.1, 0.15) is 0 Å². The highest BCUT2D eigenvalue weighted by molar-refractivity contribution is 6.18. The summed E-state index contributed by atoms with van der Waals surface area (Å²) >= 11 is 5.86. The summed E-state index contributed by atoms with van der Waals surface area (Å²) in [6.45, 7) is 1.58. The third-order valence-electron chi connectivity index (χ3n) is 3.64. The van der Waals surface area contributed by atoms with Gasteiger partial charge in [0, 0.05) is 36.1 Å². The van der Waals surface area contributed by atoms with Crippen molar-refractivity contribution in [2.45, 2.75) is 6.42 Å². The van der Waals surface area contributed by atoms with Gasteiger partial charge in [-0.05, 0) is 36.6 Å². The van der Waals surface area contributed by atoms with Crippen molar-refractivity contribution in [1.29, 1.82) is 0 Å². The number of halogens is 1. The summed E-state index contributed by atoms with van der Waals surface area (Å²) in [5.41, 5.74) is 1.65. The number of fused-ring (bicyclic) bond motifs is 1. The molecule has 1 fully saturated rings. The van der Waals surface area contributed by atoms with E-state index in [0.717, 1.165) is 36.0 Å². The standard InChI is InChI=1S/C15H15ClN2O/c16-9-11-5-7-18(10-11)15(19)13-3-4-14-12(8-13)2-1-6-17-14/h1-4,6,8,11H,5,7,9-10H2. The summed E-state index contributed by atoms with van der Waals surface area (Å²) in [5, 5.41) is 1.00. The predicted octanol–water partition coefficient (Wildman–Crippen LogP) is 2.94. The SMILES string of the molecule is O=C(c1ccc2ncccc2c1)N1CCC(CCl)C1. The lowest BCUT2D eigenvalue weighted by Gasteiger charge is -2.16. The van der Waals surface area contributed by atoms with Gasteiger partial charge in [0.2, 0.25) is 0 Å². The molecule has 1 aliphatic heterocycles. The molecule has 0 spiro atoms. The Labute approximate surface area is 117 Å². The Morgan fingerprint density at radius 1 is 1.42 bits per heavy atom. The van der Waals surface area contributed by atoms with Gasteiger partial charge in [0.15, 0.2) is 0 Å². The fourth-order valence-electron chi connectivity index (χ4n) is 2.53. The molecule has 0 radical (unpaired) electrons. The second kappa shape index (κ2) is 5.17. The van der Waals surface area contributed by atoms with Gasteiger partial charge in [-0.1, -0.05) is 6.07 Å². The monoisotopic (exact) mass is 274 g/mol. The van der Waals surface area contributed by atoms with E-state index < -0.39 is 0 Å². The molecule has 2 heterocycles. The van der Waals surface area contributed by atoms with Crippen molar-refractivity contribution in [3.8, 4) is 0 Å². The molecule has 1 aliphatic rings. The summed E-state index contributed by atoms with van der Waals surface area (Å²) in [4.78, 5) is 18.6. The minimum absolute atomic E-state index is 0.0957. The van der Waals surface area contributed by atoms with Crippen LogP contribution in [0.15, 0.2) is 36.5 Å². The summed E-state index contributed by atoms with van der Waals surface area (Å²) in [6.07, 6.45) is 2.76. The van der Waals surface area contributed by atoms with Crippen molar-refractivity contribution >= 4 is 28.4 Å². The van der Waals surface area contributed by atoms with Gasteiger partial charge >= 0.3 is 0 Å². The number of carbonyl (C=O) groups excluding carboxylic acids is 1. The number of nitrogens with zero attached hydrogens (tertiary/aromatic N) is 2. The molecule has 1 aromatic heterocycles. The van der Waals surface area contributed by atoms with Crippen LogP contribution in [0.25, 0.3) is 10.9 Å². The Morgan fingerprint density at radius 3 is 3.11 bits per heavy atom. The molecule has 1 atom stereocenters. The highest BCUT2D eigenvalue weighted by atomic mass is 35.5. The summed E-state index contributed by atoms with van der Waals surface area (Å²) < 4.78 is 0. The van der Waals surface area contributed by atoms with Crippen molar-refractivity contribution in [3.05, 3.63) is 42.1 Å². The van der Waals surface area contributed by atoms with E-state index in [9.17, 15) is 4.79 Å². The number of pyridine rings is 1. The van der Waals surface area contributed by atoms with Crippen LogP contribution in [0.2, 0.25) is 0 Å². The van der Waals surface area contributed by atoms with Crippen LogP contribution in [0, 0.1) is 5.92 Å². The number of hydrogen-bond acceptors (Lipinski definition) is 2. The number of alkyl halides is 1. The maximum atomic E-state index is 12.4. The fraction of sp³-hybridized carbons (Fsp3) is 0.333. The summed E-state index contributed by atoms with van der Waals surface area (Å²) in [5.74, 6) is 1.16. The first-order valence-corrected chi connectivity index (χ1v) is 7.01. The number of benzene rings is 1. The lowest BCUT2D eigenvalue weighted by Crippen LogP contribution is -2.28. The molecule has 1 amide bonds. The second-order valence-corrected chi connectivity index (χ2v) is 5.28. The van der Waals surface area contributed by atoms with Crippen LogP contribution in [-0.2, 0) is 0 Å². The van der Waals surface area contributed by atoms with Crippen molar-refractivity contribution in [2.24, 2.45) is 5.92 Å². The highest BCUT2D eigenvalue weighted by Crippen LogP contribution is 2.21. The molecule has 3 nitrogen and oxygen atoms in total. The minimum Gasteiger partial charge on any atom is -0.338 e. The maximum Gasteiger partial charge on any atom is 0.253 e. The van der Waals surface area contributed by atoms with Gasteiger partial charge < -0.3 is 4.90 Å². The first-order valence-electron chi connectivity index (χ1n) is 6.48. The fourth-order valence-corrected chi connectivity index (χ4v) is 2.79. The lowest BCUT2D eigenvalue weighted by molar-refractivity contribution is 0.0788. The average Bonchev–Trinajstić information content (AvgIpc) is 2.95. The van der Waals surface area contributed by atoms with Crippen LogP contribution < -0.4 is 0 Å². The van der Waals surface area contributed by atoms with Gasteiger partial charge in [-0.15, -0.1) is 11.6 Å². The van der Waals surface area contributed by atoms with E-state index in [1.165, 1.54) is 0 Å². The van der Waals surface area contributed by atoms with Crippen LogP contribution in [0.3, 0.4) is 0 Å². The van der Waals surface area contributed by atoms with E-state index in [4.69, 9.17) is 11.6 Å². The molecule has 0 saturated carbocycles. The molecule has 4 heteroatoms. The predicted molar refractivity (Wildman–Crippen MR) is 76.5 cm³/mol. The number of aromatic nitrogens is 1. The third kappa shape index (κ3) is 2.43. The van der Waals surface area contributed by atoms with Gasteiger partial charge in [0.05, 0.1) is 5.52 Å². The zero-order chi connectivity index (χ0) is 13.2. The molecule has 98 valence electrons. The Kier molecular flexibility index (Phi) is 3.38. The largest absolute Gasteiger partial charge is 0.338 e. The molecule has 3 rings (SSSR count). The number of hydrogen-bond donors (Lipinski definition) is 0. The van der Waals surface area contributed by atoms with Gasteiger partial charge in [0.25, 0.3) is 5.91 Å². The molecular formula is C15H15ClN2O. The normalized spacial score (nSPS) is 19.0. The summed E-state index contributed by atoms with van der Waals surface area (Å²) in [6, 6.07) is 9.53. The number of rotatable bonds is 2. The molecule has 19 heavy (non-hydrogen) atoms. The van der Waals surface area contributed by atoms with Crippen molar-refractivity contribution in [2.75, 3.05) is 19.0 Å². The summed E-state index contributed by atoms with van der Waals surface area (Å²) in [7, 11) is 0. The number of amides is 1. The van der Waals surface area contributed by atoms with E-state index in [0.29, 0.717) is 11.8 Å². The second-order valence-electron chi connectivity index (χ2n) is 4.97. The highest BCUT2D eigenvalue weighted by Gasteiger charge is 2.26. The Morgan fingerprint density at radius 2 is 2.32 bits per heavy atom. The van der Waals surface area contributed by atoms with Crippen molar-refractivity contribution in [3.63, 3.8) is 0 Å². The minimum atomic E-state index is 0.0957. The first kappa shape index (κ1) is 12.4. The van der Waals surface area contributed by atoms with E-state index in [1.807, 2.05) is 35.2 Å². The molecule has 0 N–H and O–H groups in total. The molecule has 1 saturated heterocycles. The van der Waals surface area contributed by atoms with Crippen LogP contribution in [0.4, 0.5) is 0 Å². The number of carbonyl (C=O) groups is 1. The molecule has 0 bridgehead atoms.